The molecule has 2 N–H and O–H groups in total. The molecular weight excluding hydrogens is 274 g/mol. The number of hydrogen-bond acceptors (Lipinski definition) is 3. The van der Waals surface area contributed by atoms with Gasteiger partial charge in [0.25, 0.3) is 0 Å². The number of benzene rings is 2. The minimum Gasteiger partial charge on any atom is -0.390 e. The molecule has 116 valence electrons. The number of nitrogens with zero attached hydrogens (tertiary/aromatic N) is 1. The van der Waals surface area contributed by atoms with Crippen LogP contribution in [0.4, 0.5) is 0 Å². The third-order valence-electron chi connectivity index (χ3n) is 4.66. The lowest BCUT2D eigenvalue weighted by atomic mass is 9.73. The van der Waals surface area contributed by atoms with Crippen molar-refractivity contribution in [2.75, 3.05) is 0 Å². The molecule has 0 radical (unpaired) electrons. The lowest BCUT2D eigenvalue weighted by Crippen LogP contribution is -2.65. The fourth-order valence-corrected chi connectivity index (χ4v) is 3.33. The number of rotatable bonds is 5. The van der Waals surface area contributed by atoms with E-state index in [0.29, 0.717) is 0 Å². The van der Waals surface area contributed by atoms with Gasteiger partial charge >= 0.3 is 0 Å². The van der Waals surface area contributed by atoms with Crippen molar-refractivity contribution in [1.29, 1.82) is 0 Å². The van der Waals surface area contributed by atoms with Crippen molar-refractivity contribution >= 4 is 0 Å². The highest BCUT2D eigenvalue weighted by molar-refractivity contribution is 5.18. The van der Waals surface area contributed by atoms with Crippen LogP contribution in [0.15, 0.2) is 60.7 Å². The van der Waals surface area contributed by atoms with E-state index in [2.05, 4.69) is 29.2 Å². The molecule has 22 heavy (non-hydrogen) atoms. The zero-order chi connectivity index (χ0) is 15.5. The Labute approximate surface area is 131 Å². The lowest BCUT2D eigenvalue weighted by molar-refractivity contribution is -0.166. The summed E-state index contributed by atoms with van der Waals surface area (Å²) in [4.78, 5) is 2.27. The van der Waals surface area contributed by atoms with Crippen molar-refractivity contribution in [3.8, 4) is 0 Å². The summed E-state index contributed by atoms with van der Waals surface area (Å²) in [5.41, 5.74) is 2.44. The van der Waals surface area contributed by atoms with E-state index in [1.165, 1.54) is 11.1 Å². The van der Waals surface area contributed by atoms with Crippen molar-refractivity contribution in [1.82, 2.24) is 4.90 Å². The first-order valence-corrected chi connectivity index (χ1v) is 7.85. The maximum Gasteiger partial charge on any atom is 0.0960 e. The van der Waals surface area contributed by atoms with Crippen LogP contribution in [-0.4, -0.2) is 33.4 Å². The first kappa shape index (κ1) is 15.2. The molecule has 1 aliphatic carbocycles. The van der Waals surface area contributed by atoms with Crippen LogP contribution in [-0.2, 0) is 13.1 Å². The van der Waals surface area contributed by atoms with Crippen LogP contribution in [0, 0.1) is 5.92 Å². The monoisotopic (exact) mass is 297 g/mol. The molecule has 1 aliphatic rings. The summed E-state index contributed by atoms with van der Waals surface area (Å²) in [5.74, 6) is 0.0856. The SMILES string of the molecule is CC1C(O)C(O)C1N(Cc1ccccc1)Cc1ccccc1. The average molecular weight is 297 g/mol. The largest absolute Gasteiger partial charge is 0.390 e. The van der Waals surface area contributed by atoms with Crippen LogP contribution in [0.1, 0.15) is 18.1 Å². The normalized spacial score (nSPS) is 27.6. The fourth-order valence-electron chi connectivity index (χ4n) is 3.33. The van der Waals surface area contributed by atoms with E-state index in [4.69, 9.17) is 0 Å². The van der Waals surface area contributed by atoms with Crippen LogP contribution < -0.4 is 0 Å². The van der Waals surface area contributed by atoms with Crippen LogP contribution in [0.25, 0.3) is 0 Å². The predicted molar refractivity (Wildman–Crippen MR) is 87.1 cm³/mol. The van der Waals surface area contributed by atoms with Crippen molar-refractivity contribution < 1.29 is 10.2 Å². The predicted octanol–water partition coefficient (Wildman–Crippen LogP) is 2.43. The lowest BCUT2D eigenvalue weighted by Gasteiger charge is -2.50. The van der Waals surface area contributed by atoms with Gasteiger partial charge < -0.3 is 10.2 Å². The molecule has 2 aromatic rings. The molecule has 2 aromatic carbocycles. The second-order valence-corrected chi connectivity index (χ2v) is 6.21. The summed E-state index contributed by atoms with van der Waals surface area (Å²) in [6.07, 6.45) is -1.28. The Kier molecular flexibility index (Phi) is 4.57. The fraction of sp³-hybridized carbons (Fsp3) is 0.368. The van der Waals surface area contributed by atoms with Gasteiger partial charge in [-0.25, -0.2) is 0 Å². The molecule has 0 aromatic heterocycles. The van der Waals surface area contributed by atoms with Gasteiger partial charge in [0.05, 0.1) is 12.2 Å². The average Bonchev–Trinajstić information content (AvgIpc) is 2.56. The Hall–Kier alpha value is -1.68. The van der Waals surface area contributed by atoms with E-state index in [9.17, 15) is 10.2 Å². The molecule has 0 aliphatic heterocycles. The van der Waals surface area contributed by atoms with E-state index >= 15 is 0 Å². The second-order valence-electron chi connectivity index (χ2n) is 6.21. The van der Waals surface area contributed by atoms with Crippen molar-refractivity contribution in [2.24, 2.45) is 5.92 Å². The Bertz CT molecular complexity index is 535. The molecule has 3 rings (SSSR count). The van der Waals surface area contributed by atoms with Gasteiger partial charge in [-0.2, -0.15) is 0 Å². The highest BCUT2D eigenvalue weighted by Gasteiger charge is 2.48. The van der Waals surface area contributed by atoms with Gasteiger partial charge in [0.1, 0.15) is 0 Å². The number of aliphatic hydroxyl groups excluding tert-OH is 2. The third kappa shape index (κ3) is 3.07. The smallest absolute Gasteiger partial charge is 0.0960 e. The highest BCUT2D eigenvalue weighted by Crippen LogP contribution is 2.34. The molecule has 0 amide bonds. The van der Waals surface area contributed by atoms with Gasteiger partial charge in [0.2, 0.25) is 0 Å². The van der Waals surface area contributed by atoms with E-state index < -0.39 is 12.2 Å². The molecule has 4 unspecified atom stereocenters. The van der Waals surface area contributed by atoms with Gasteiger partial charge in [-0.05, 0) is 11.1 Å². The molecule has 4 atom stereocenters. The molecule has 1 saturated carbocycles. The number of hydrogen-bond donors (Lipinski definition) is 2. The Balaban J connectivity index is 1.79. The highest BCUT2D eigenvalue weighted by atomic mass is 16.3. The van der Waals surface area contributed by atoms with Crippen LogP contribution >= 0.6 is 0 Å². The Morgan fingerprint density at radius 3 is 1.64 bits per heavy atom. The van der Waals surface area contributed by atoms with E-state index in [1.54, 1.807) is 0 Å². The third-order valence-corrected chi connectivity index (χ3v) is 4.66. The zero-order valence-electron chi connectivity index (χ0n) is 12.8. The summed E-state index contributed by atoms with van der Waals surface area (Å²) < 4.78 is 0. The van der Waals surface area contributed by atoms with Gasteiger partial charge in [-0.3, -0.25) is 4.90 Å². The van der Waals surface area contributed by atoms with Gasteiger partial charge in [-0.15, -0.1) is 0 Å². The molecule has 0 spiro atoms. The summed E-state index contributed by atoms with van der Waals surface area (Å²) >= 11 is 0. The van der Waals surface area contributed by atoms with Crippen LogP contribution in [0.2, 0.25) is 0 Å². The Morgan fingerprint density at radius 1 is 0.773 bits per heavy atom. The zero-order valence-corrected chi connectivity index (χ0v) is 12.8. The topological polar surface area (TPSA) is 43.7 Å². The summed E-state index contributed by atoms with van der Waals surface area (Å²) in [6.45, 7) is 3.55. The van der Waals surface area contributed by atoms with Crippen molar-refractivity contribution in [3.63, 3.8) is 0 Å². The van der Waals surface area contributed by atoms with Crippen molar-refractivity contribution in [3.05, 3.63) is 71.8 Å². The van der Waals surface area contributed by atoms with Gasteiger partial charge in [0.15, 0.2) is 0 Å². The molecule has 1 fully saturated rings. The molecule has 3 heteroatoms. The van der Waals surface area contributed by atoms with Gasteiger partial charge in [-0.1, -0.05) is 67.6 Å². The van der Waals surface area contributed by atoms with E-state index in [0.717, 1.165) is 13.1 Å². The molecular formula is C19H23NO2. The minimum atomic E-state index is -0.664. The quantitative estimate of drug-likeness (QED) is 0.891. The molecule has 0 bridgehead atoms. The summed E-state index contributed by atoms with van der Waals surface area (Å²) in [6, 6.07) is 20.6. The first-order valence-electron chi connectivity index (χ1n) is 7.85. The van der Waals surface area contributed by atoms with Crippen molar-refractivity contribution in [2.45, 2.75) is 38.3 Å². The maximum atomic E-state index is 10.2. The Morgan fingerprint density at radius 2 is 1.23 bits per heavy atom. The maximum absolute atomic E-state index is 10.2. The summed E-state index contributed by atoms with van der Waals surface area (Å²) in [5, 5.41) is 20.0. The van der Waals surface area contributed by atoms with Gasteiger partial charge in [0, 0.05) is 25.0 Å². The minimum absolute atomic E-state index is 0.00425. The van der Waals surface area contributed by atoms with E-state index in [1.807, 2.05) is 43.3 Å². The molecule has 0 heterocycles. The molecule has 3 nitrogen and oxygen atoms in total. The standard InChI is InChI=1S/C19H23NO2/c1-14-17(19(22)18(14)21)20(12-15-8-4-2-5-9-15)13-16-10-6-3-7-11-16/h2-11,14,17-19,21-22H,12-13H2,1H3. The number of aliphatic hydroxyl groups is 2. The van der Waals surface area contributed by atoms with Crippen LogP contribution in [0.5, 0.6) is 0 Å². The second kappa shape index (κ2) is 6.61. The summed E-state index contributed by atoms with van der Waals surface area (Å²) in [7, 11) is 0. The van der Waals surface area contributed by atoms with E-state index in [-0.39, 0.29) is 12.0 Å². The first-order chi connectivity index (χ1) is 10.7. The van der Waals surface area contributed by atoms with Crippen LogP contribution in [0.3, 0.4) is 0 Å². The molecule has 0 saturated heterocycles.